The minimum Gasteiger partial charge on any atom is -0.383 e. The molecule has 0 fully saturated rings. The highest BCUT2D eigenvalue weighted by Crippen LogP contribution is 2.16. The first-order valence-electron chi connectivity index (χ1n) is 8.92. The van der Waals surface area contributed by atoms with Crippen molar-refractivity contribution in [3.05, 3.63) is 78.1 Å². The van der Waals surface area contributed by atoms with Crippen LogP contribution in [0.4, 0.5) is 5.69 Å². The Morgan fingerprint density at radius 2 is 1.82 bits per heavy atom. The van der Waals surface area contributed by atoms with Gasteiger partial charge in [-0.3, -0.25) is 9.59 Å². The minimum absolute atomic E-state index is 0.159. The Morgan fingerprint density at radius 1 is 1.07 bits per heavy atom. The Kier molecular flexibility index (Phi) is 6.54. The number of amides is 2. The molecular formula is C21H22N4O3. The highest BCUT2D eigenvalue weighted by Gasteiger charge is 2.13. The quantitative estimate of drug-likeness (QED) is 0.590. The number of rotatable bonds is 8. The summed E-state index contributed by atoms with van der Waals surface area (Å²) in [7, 11) is 1.57. The molecule has 0 aliphatic rings. The van der Waals surface area contributed by atoms with Gasteiger partial charge >= 0.3 is 0 Å². The first-order valence-corrected chi connectivity index (χ1v) is 8.92. The van der Waals surface area contributed by atoms with Crippen molar-refractivity contribution < 1.29 is 14.3 Å². The number of anilines is 1. The van der Waals surface area contributed by atoms with Crippen molar-refractivity contribution in [1.29, 1.82) is 0 Å². The first-order chi connectivity index (χ1) is 13.7. The summed E-state index contributed by atoms with van der Waals surface area (Å²) in [5.41, 5.74) is 2.58. The molecular weight excluding hydrogens is 356 g/mol. The van der Waals surface area contributed by atoms with E-state index in [0.717, 1.165) is 11.3 Å². The summed E-state index contributed by atoms with van der Waals surface area (Å²) in [5, 5.41) is 9.86. The Hall–Kier alpha value is -3.45. The summed E-state index contributed by atoms with van der Waals surface area (Å²) in [5.74, 6) is -0.477. The van der Waals surface area contributed by atoms with Crippen molar-refractivity contribution in [2.45, 2.75) is 6.42 Å². The highest BCUT2D eigenvalue weighted by molar-refractivity contribution is 6.04. The predicted molar refractivity (Wildman–Crippen MR) is 107 cm³/mol. The standard InChI is InChI=1S/C21H22N4O3/c1-28-12-11-22-21(27)18-9-5-6-10-19(18)24-20(26)13-16-14-23-25(15-16)17-7-3-2-4-8-17/h2-10,14-15H,11-13H2,1H3,(H,22,27)(H,24,26). The maximum absolute atomic E-state index is 12.5. The third-order valence-corrected chi connectivity index (χ3v) is 4.06. The maximum Gasteiger partial charge on any atom is 0.253 e. The fourth-order valence-electron chi connectivity index (χ4n) is 2.71. The third kappa shape index (κ3) is 5.05. The molecule has 0 bridgehead atoms. The van der Waals surface area contributed by atoms with Gasteiger partial charge in [0.2, 0.25) is 5.91 Å². The first kappa shape index (κ1) is 19.3. The molecule has 3 aromatic rings. The van der Waals surface area contributed by atoms with E-state index in [-0.39, 0.29) is 18.2 Å². The van der Waals surface area contributed by atoms with Crippen LogP contribution >= 0.6 is 0 Å². The van der Waals surface area contributed by atoms with Gasteiger partial charge in [0.05, 0.1) is 36.2 Å². The van der Waals surface area contributed by atoms with Crippen molar-refractivity contribution in [1.82, 2.24) is 15.1 Å². The van der Waals surface area contributed by atoms with Crippen LogP contribution in [0.25, 0.3) is 5.69 Å². The molecule has 1 heterocycles. The predicted octanol–water partition coefficient (Wildman–Crippen LogP) is 2.43. The van der Waals surface area contributed by atoms with E-state index in [1.54, 1.807) is 42.3 Å². The van der Waals surface area contributed by atoms with Crippen LogP contribution in [0.15, 0.2) is 67.0 Å². The number of aromatic nitrogens is 2. The fourth-order valence-corrected chi connectivity index (χ4v) is 2.71. The molecule has 0 atom stereocenters. The van der Waals surface area contributed by atoms with Gasteiger partial charge in [-0.05, 0) is 29.8 Å². The number of ether oxygens (including phenoxy) is 1. The van der Waals surface area contributed by atoms with Crippen molar-refractivity contribution >= 4 is 17.5 Å². The van der Waals surface area contributed by atoms with Gasteiger partial charge < -0.3 is 15.4 Å². The highest BCUT2D eigenvalue weighted by atomic mass is 16.5. The van der Waals surface area contributed by atoms with Crippen LogP contribution in [0.3, 0.4) is 0 Å². The lowest BCUT2D eigenvalue weighted by molar-refractivity contribution is -0.115. The van der Waals surface area contributed by atoms with Gasteiger partial charge in [0, 0.05) is 19.9 Å². The zero-order chi connectivity index (χ0) is 19.8. The van der Waals surface area contributed by atoms with Crippen molar-refractivity contribution in [3.8, 4) is 5.69 Å². The van der Waals surface area contributed by atoms with Gasteiger partial charge in [0.1, 0.15) is 0 Å². The van der Waals surface area contributed by atoms with E-state index >= 15 is 0 Å². The zero-order valence-electron chi connectivity index (χ0n) is 15.6. The van der Waals surface area contributed by atoms with Crippen LogP contribution in [0.1, 0.15) is 15.9 Å². The van der Waals surface area contributed by atoms with E-state index < -0.39 is 0 Å². The molecule has 1 aromatic heterocycles. The van der Waals surface area contributed by atoms with E-state index in [2.05, 4.69) is 15.7 Å². The topological polar surface area (TPSA) is 85.2 Å². The largest absolute Gasteiger partial charge is 0.383 e. The fraction of sp³-hybridized carbons (Fsp3) is 0.190. The number of nitrogens with zero attached hydrogens (tertiary/aromatic N) is 2. The average molecular weight is 378 g/mol. The van der Waals surface area contributed by atoms with E-state index in [0.29, 0.717) is 24.4 Å². The van der Waals surface area contributed by atoms with Gasteiger partial charge in [-0.15, -0.1) is 0 Å². The number of hydrogen-bond acceptors (Lipinski definition) is 4. The summed E-state index contributed by atoms with van der Waals surface area (Å²) in [6.45, 7) is 0.821. The molecule has 2 N–H and O–H groups in total. The van der Waals surface area contributed by atoms with Crippen LogP contribution in [0.2, 0.25) is 0 Å². The molecule has 0 aliphatic carbocycles. The number of carbonyl (C=O) groups excluding carboxylic acids is 2. The number of para-hydroxylation sites is 2. The van der Waals surface area contributed by atoms with Crippen LogP contribution in [-0.4, -0.2) is 41.9 Å². The molecule has 7 heteroatoms. The van der Waals surface area contributed by atoms with Crippen molar-refractivity contribution in [3.63, 3.8) is 0 Å². The minimum atomic E-state index is -0.259. The van der Waals surface area contributed by atoms with Gasteiger partial charge in [0.15, 0.2) is 0 Å². The Labute approximate surface area is 163 Å². The molecule has 3 rings (SSSR count). The van der Waals surface area contributed by atoms with Crippen LogP contribution in [0.5, 0.6) is 0 Å². The molecule has 144 valence electrons. The molecule has 0 radical (unpaired) electrons. The van der Waals surface area contributed by atoms with Crippen LogP contribution < -0.4 is 10.6 Å². The summed E-state index contributed by atoms with van der Waals surface area (Å²) in [6.07, 6.45) is 3.64. The second kappa shape index (κ2) is 9.48. The number of benzene rings is 2. The van der Waals surface area contributed by atoms with Gasteiger partial charge in [-0.1, -0.05) is 30.3 Å². The summed E-state index contributed by atoms with van der Waals surface area (Å²) >= 11 is 0. The normalized spacial score (nSPS) is 10.5. The molecule has 0 saturated carbocycles. The molecule has 0 saturated heterocycles. The van der Waals surface area contributed by atoms with Gasteiger partial charge in [-0.2, -0.15) is 5.10 Å². The summed E-state index contributed by atoms with van der Waals surface area (Å²) in [4.78, 5) is 24.8. The number of carbonyl (C=O) groups is 2. The van der Waals surface area contributed by atoms with E-state index in [1.807, 2.05) is 36.5 Å². The Bertz CT molecular complexity index is 938. The van der Waals surface area contributed by atoms with Gasteiger partial charge in [-0.25, -0.2) is 4.68 Å². The molecule has 2 aromatic carbocycles. The average Bonchev–Trinajstić information content (AvgIpc) is 3.17. The second-order valence-electron chi connectivity index (χ2n) is 6.15. The lowest BCUT2D eigenvalue weighted by Gasteiger charge is -2.11. The molecule has 0 spiro atoms. The van der Waals surface area contributed by atoms with Crippen molar-refractivity contribution in [2.24, 2.45) is 0 Å². The van der Waals surface area contributed by atoms with E-state index in [4.69, 9.17) is 4.74 Å². The van der Waals surface area contributed by atoms with E-state index in [9.17, 15) is 9.59 Å². The smallest absolute Gasteiger partial charge is 0.253 e. The summed E-state index contributed by atoms with van der Waals surface area (Å²) in [6, 6.07) is 16.6. The summed E-state index contributed by atoms with van der Waals surface area (Å²) < 4.78 is 6.65. The lowest BCUT2D eigenvalue weighted by Crippen LogP contribution is -2.28. The SMILES string of the molecule is COCCNC(=O)c1ccccc1NC(=O)Cc1cnn(-c2ccccc2)c1. The zero-order valence-corrected chi connectivity index (χ0v) is 15.6. The van der Waals surface area contributed by atoms with Crippen LogP contribution in [0, 0.1) is 0 Å². The lowest BCUT2D eigenvalue weighted by atomic mass is 10.1. The maximum atomic E-state index is 12.5. The van der Waals surface area contributed by atoms with Gasteiger partial charge in [0.25, 0.3) is 5.91 Å². The second-order valence-corrected chi connectivity index (χ2v) is 6.15. The number of hydrogen-bond donors (Lipinski definition) is 2. The molecule has 0 aliphatic heterocycles. The number of methoxy groups -OCH3 is 1. The van der Waals surface area contributed by atoms with E-state index in [1.165, 1.54) is 0 Å². The third-order valence-electron chi connectivity index (χ3n) is 4.06. The van der Waals surface area contributed by atoms with Crippen LogP contribution in [-0.2, 0) is 16.0 Å². The Balaban J connectivity index is 1.64. The monoisotopic (exact) mass is 378 g/mol. The van der Waals surface area contributed by atoms with Crippen molar-refractivity contribution in [2.75, 3.05) is 25.6 Å². The molecule has 2 amide bonds. The Morgan fingerprint density at radius 3 is 2.61 bits per heavy atom. The molecule has 28 heavy (non-hydrogen) atoms. The molecule has 7 nitrogen and oxygen atoms in total. The molecule has 0 unspecified atom stereocenters. The number of nitrogens with one attached hydrogen (secondary N) is 2.